The van der Waals surface area contributed by atoms with Gasteiger partial charge in [-0.3, -0.25) is 14.6 Å². The van der Waals surface area contributed by atoms with E-state index in [-0.39, 0.29) is 23.2 Å². The molecule has 0 aliphatic carbocycles. The monoisotopic (exact) mass is 478 g/mol. The average Bonchev–Trinajstić information content (AvgIpc) is 2.77. The van der Waals surface area contributed by atoms with Crippen LogP contribution in [0.25, 0.3) is 11.3 Å². The van der Waals surface area contributed by atoms with Crippen LogP contribution < -0.4 is 10.2 Å². The maximum absolute atomic E-state index is 12.8. The standard InChI is InChI=1S/C22H18Cl2F2N4O2/c1-13(31)30(12-20(25)26)19-7-5-14(9-17(19)23)18-6-4-16(11-28-18)22(32)29-10-15-3-2-8-27-21(15)24/h2-9,11,20H,10,12H2,1H3,(H,29,32). The van der Waals surface area contributed by atoms with E-state index in [1.807, 2.05) is 0 Å². The molecule has 0 saturated carbocycles. The zero-order valence-electron chi connectivity index (χ0n) is 16.9. The van der Waals surface area contributed by atoms with E-state index in [9.17, 15) is 18.4 Å². The van der Waals surface area contributed by atoms with Gasteiger partial charge in [0, 0.05) is 37.0 Å². The molecule has 0 aliphatic heterocycles. The van der Waals surface area contributed by atoms with Crippen LogP contribution in [0.4, 0.5) is 14.5 Å². The van der Waals surface area contributed by atoms with Gasteiger partial charge in [-0.15, -0.1) is 0 Å². The van der Waals surface area contributed by atoms with Crippen LogP contribution in [0, 0.1) is 0 Å². The largest absolute Gasteiger partial charge is 0.348 e. The first-order valence-electron chi connectivity index (χ1n) is 9.46. The van der Waals surface area contributed by atoms with Crippen molar-refractivity contribution < 1.29 is 18.4 Å². The highest BCUT2D eigenvalue weighted by Crippen LogP contribution is 2.31. The Kier molecular flexibility index (Phi) is 7.71. The Bertz CT molecular complexity index is 1130. The quantitative estimate of drug-likeness (QED) is 0.484. The van der Waals surface area contributed by atoms with Crippen molar-refractivity contribution in [1.82, 2.24) is 15.3 Å². The topological polar surface area (TPSA) is 75.2 Å². The minimum atomic E-state index is -2.69. The highest BCUT2D eigenvalue weighted by molar-refractivity contribution is 6.34. The molecule has 10 heteroatoms. The maximum Gasteiger partial charge on any atom is 0.256 e. The Morgan fingerprint density at radius 1 is 1.12 bits per heavy atom. The normalized spacial score (nSPS) is 10.8. The van der Waals surface area contributed by atoms with Crippen LogP contribution in [-0.2, 0) is 11.3 Å². The molecular formula is C22H18Cl2F2N4O2. The van der Waals surface area contributed by atoms with E-state index in [1.54, 1.807) is 36.5 Å². The van der Waals surface area contributed by atoms with E-state index in [1.165, 1.54) is 25.3 Å². The molecule has 2 heterocycles. The number of amides is 2. The number of hydrogen-bond donors (Lipinski definition) is 1. The van der Waals surface area contributed by atoms with Crippen molar-refractivity contribution in [3.63, 3.8) is 0 Å². The molecule has 0 saturated heterocycles. The summed E-state index contributed by atoms with van der Waals surface area (Å²) in [5.41, 5.74) is 2.35. The lowest BCUT2D eigenvalue weighted by molar-refractivity contribution is -0.117. The molecule has 0 radical (unpaired) electrons. The van der Waals surface area contributed by atoms with E-state index in [4.69, 9.17) is 23.2 Å². The van der Waals surface area contributed by atoms with Crippen molar-refractivity contribution >= 4 is 40.7 Å². The van der Waals surface area contributed by atoms with Gasteiger partial charge >= 0.3 is 0 Å². The number of aromatic nitrogens is 2. The van der Waals surface area contributed by atoms with Crippen molar-refractivity contribution in [2.75, 3.05) is 11.4 Å². The number of carbonyl (C=O) groups excluding carboxylic acids is 2. The van der Waals surface area contributed by atoms with E-state index >= 15 is 0 Å². The molecule has 1 N–H and O–H groups in total. The molecule has 0 fully saturated rings. The third kappa shape index (κ3) is 5.77. The molecule has 0 atom stereocenters. The molecule has 2 aromatic heterocycles. The Morgan fingerprint density at radius 3 is 2.50 bits per heavy atom. The summed E-state index contributed by atoms with van der Waals surface area (Å²) in [5.74, 6) is -0.873. The lowest BCUT2D eigenvalue weighted by Crippen LogP contribution is -2.33. The van der Waals surface area contributed by atoms with E-state index in [0.29, 0.717) is 27.5 Å². The summed E-state index contributed by atoms with van der Waals surface area (Å²) in [6.45, 7) is 0.663. The molecular weight excluding hydrogens is 461 g/mol. The Morgan fingerprint density at radius 2 is 1.91 bits per heavy atom. The predicted octanol–water partition coefficient (Wildman–Crippen LogP) is 5.00. The molecule has 3 rings (SSSR count). The number of carbonyl (C=O) groups is 2. The molecule has 0 spiro atoms. The van der Waals surface area contributed by atoms with Gasteiger partial charge in [-0.05, 0) is 30.3 Å². The predicted molar refractivity (Wildman–Crippen MR) is 119 cm³/mol. The Hall–Kier alpha value is -3.10. The highest BCUT2D eigenvalue weighted by Gasteiger charge is 2.20. The summed E-state index contributed by atoms with van der Waals surface area (Å²) >= 11 is 12.2. The Balaban J connectivity index is 1.72. The summed E-state index contributed by atoms with van der Waals surface area (Å²) in [4.78, 5) is 33.3. The lowest BCUT2D eigenvalue weighted by atomic mass is 10.1. The van der Waals surface area contributed by atoms with Crippen LogP contribution in [0.1, 0.15) is 22.8 Å². The van der Waals surface area contributed by atoms with Gasteiger partial charge in [-0.1, -0.05) is 35.3 Å². The zero-order valence-corrected chi connectivity index (χ0v) is 18.4. The van der Waals surface area contributed by atoms with E-state index in [0.717, 1.165) is 4.90 Å². The van der Waals surface area contributed by atoms with Gasteiger partial charge in [0.25, 0.3) is 12.3 Å². The average molecular weight is 479 g/mol. The summed E-state index contributed by atoms with van der Waals surface area (Å²) < 4.78 is 25.6. The van der Waals surface area contributed by atoms with Crippen molar-refractivity contribution in [3.8, 4) is 11.3 Å². The second-order valence-electron chi connectivity index (χ2n) is 6.76. The van der Waals surface area contributed by atoms with Crippen LogP contribution in [0.3, 0.4) is 0 Å². The van der Waals surface area contributed by atoms with Crippen LogP contribution >= 0.6 is 23.2 Å². The van der Waals surface area contributed by atoms with E-state index in [2.05, 4.69) is 15.3 Å². The van der Waals surface area contributed by atoms with E-state index < -0.39 is 18.9 Å². The number of hydrogen-bond acceptors (Lipinski definition) is 4. The minimum Gasteiger partial charge on any atom is -0.348 e. The summed E-state index contributed by atoms with van der Waals surface area (Å²) in [7, 11) is 0. The molecule has 1 aromatic carbocycles. The number of nitrogens with zero attached hydrogens (tertiary/aromatic N) is 3. The number of pyridine rings is 2. The summed E-state index contributed by atoms with van der Waals surface area (Å²) in [6.07, 6.45) is 0.283. The third-order valence-electron chi connectivity index (χ3n) is 4.54. The number of halogens is 4. The van der Waals surface area contributed by atoms with Gasteiger partial charge in [0.15, 0.2) is 0 Å². The van der Waals surface area contributed by atoms with Gasteiger partial charge in [0.05, 0.1) is 28.5 Å². The zero-order chi connectivity index (χ0) is 23.3. The van der Waals surface area contributed by atoms with Gasteiger partial charge in [-0.2, -0.15) is 0 Å². The first-order valence-corrected chi connectivity index (χ1v) is 10.2. The van der Waals surface area contributed by atoms with Crippen molar-refractivity contribution in [1.29, 1.82) is 0 Å². The maximum atomic E-state index is 12.8. The first kappa shape index (κ1) is 23.6. The number of rotatable bonds is 7. The van der Waals surface area contributed by atoms with Gasteiger partial charge in [0.2, 0.25) is 5.91 Å². The second kappa shape index (κ2) is 10.5. The van der Waals surface area contributed by atoms with Crippen molar-refractivity contribution in [2.45, 2.75) is 19.9 Å². The number of nitrogens with one attached hydrogen (secondary N) is 1. The van der Waals surface area contributed by atoms with Crippen LogP contribution in [0.2, 0.25) is 10.2 Å². The number of anilines is 1. The second-order valence-corrected chi connectivity index (χ2v) is 7.52. The molecule has 0 unspecified atom stereocenters. The number of alkyl halides is 2. The molecule has 32 heavy (non-hydrogen) atoms. The van der Waals surface area contributed by atoms with Crippen LogP contribution in [0.5, 0.6) is 0 Å². The molecule has 0 aliphatic rings. The fraction of sp³-hybridized carbons (Fsp3) is 0.182. The first-order chi connectivity index (χ1) is 15.3. The van der Waals surface area contributed by atoms with Gasteiger partial charge in [0.1, 0.15) is 5.15 Å². The molecule has 166 valence electrons. The van der Waals surface area contributed by atoms with Crippen molar-refractivity contribution in [3.05, 3.63) is 76.2 Å². The van der Waals surface area contributed by atoms with Gasteiger partial charge in [-0.25, -0.2) is 13.8 Å². The SMILES string of the molecule is CC(=O)N(CC(F)F)c1ccc(-c2ccc(C(=O)NCc3cccnc3Cl)cn2)cc1Cl. The lowest BCUT2D eigenvalue weighted by Gasteiger charge is -2.22. The minimum absolute atomic E-state index is 0.135. The van der Waals surface area contributed by atoms with Crippen LogP contribution in [0.15, 0.2) is 54.9 Å². The van der Waals surface area contributed by atoms with Crippen molar-refractivity contribution in [2.24, 2.45) is 0 Å². The fourth-order valence-corrected chi connectivity index (χ4v) is 3.42. The molecule has 2 amide bonds. The molecule has 3 aromatic rings. The van der Waals surface area contributed by atoms with Crippen LogP contribution in [-0.4, -0.2) is 34.8 Å². The van der Waals surface area contributed by atoms with Gasteiger partial charge < -0.3 is 10.2 Å². The Labute approximate surface area is 193 Å². The molecule has 6 nitrogen and oxygen atoms in total. The fourth-order valence-electron chi connectivity index (χ4n) is 2.95. The smallest absolute Gasteiger partial charge is 0.256 e. The molecule has 0 bridgehead atoms. The summed E-state index contributed by atoms with van der Waals surface area (Å²) in [5, 5.41) is 3.20. The number of benzene rings is 1. The highest BCUT2D eigenvalue weighted by atomic mass is 35.5. The summed E-state index contributed by atoms with van der Waals surface area (Å²) in [6, 6.07) is 11.4. The third-order valence-corrected chi connectivity index (χ3v) is 5.18.